The van der Waals surface area contributed by atoms with E-state index in [9.17, 15) is 9.90 Å². The first-order chi connectivity index (χ1) is 9.15. The van der Waals surface area contributed by atoms with Crippen LogP contribution in [0.25, 0.3) is 0 Å². The molecule has 0 aliphatic carbocycles. The van der Waals surface area contributed by atoms with E-state index >= 15 is 0 Å². The van der Waals surface area contributed by atoms with E-state index in [1.807, 2.05) is 12.1 Å². The number of rotatable bonds is 4. The maximum Gasteiger partial charge on any atom is 0.237 e. The number of likely N-dealkylation sites (tertiary alicyclic amines) is 1. The van der Waals surface area contributed by atoms with Crippen molar-refractivity contribution in [3.8, 4) is 11.5 Å². The van der Waals surface area contributed by atoms with Gasteiger partial charge in [0.1, 0.15) is 11.5 Å². The number of carbonyl (C=O) groups is 1. The van der Waals surface area contributed by atoms with Crippen LogP contribution in [0.3, 0.4) is 0 Å². The summed E-state index contributed by atoms with van der Waals surface area (Å²) in [7, 11) is 3.22. The van der Waals surface area contributed by atoms with Crippen LogP contribution in [0.2, 0.25) is 0 Å². The molecule has 1 aliphatic heterocycles. The van der Waals surface area contributed by atoms with Gasteiger partial charge in [0.25, 0.3) is 0 Å². The Labute approximate surface area is 113 Å². The summed E-state index contributed by atoms with van der Waals surface area (Å²) >= 11 is 0. The Balaban J connectivity index is 2.10. The molecule has 1 saturated heterocycles. The van der Waals surface area contributed by atoms with Crippen molar-refractivity contribution in [2.24, 2.45) is 0 Å². The van der Waals surface area contributed by atoms with Gasteiger partial charge in [-0.05, 0) is 25.5 Å². The molecule has 5 nitrogen and oxygen atoms in total. The minimum atomic E-state index is -0.0912. The number of hydrogen-bond acceptors (Lipinski definition) is 4. The highest BCUT2D eigenvalue weighted by atomic mass is 16.5. The molecule has 0 saturated carbocycles. The molecule has 104 valence electrons. The molecular weight excluding hydrogens is 244 g/mol. The van der Waals surface area contributed by atoms with Crippen molar-refractivity contribution in [3.63, 3.8) is 0 Å². The summed E-state index contributed by atoms with van der Waals surface area (Å²) in [5.74, 6) is 0.887. The van der Waals surface area contributed by atoms with E-state index in [1.165, 1.54) is 0 Å². The second-order valence-corrected chi connectivity index (χ2v) is 4.74. The quantitative estimate of drug-likeness (QED) is 0.855. The Morgan fingerprint density at radius 3 is 3.00 bits per heavy atom. The number of carbonyl (C=O) groups excluding carboxylic acids is 1. The standard InChI is InChI=1S/C14H20N2O3/c1-15-14(18)12-4-3-7-16(12)9-10-5-6-11(19-2)8-13(10)17/h5-6,8,12,17H,3-4,7,9H2,1-2H3,(H,15,18). The number of amides is 1. The molecule has 1 fully saturated rings. The van der Waals surface area contributed by atoms with Gasteiger partial charge in [-0.25, -0.2) is 0 Å². The first-order valence-corrected chi connectivity index (χ1v) is 6.47. The number of methoxy groups -OCH3 is 1. The van der Waals surface area contributed by atoms with E-state index in [0.717, 1.165) is 24.9 Å². The molecule has 1 amide bonds. The van der Waals surface area contributed by atoms with Crippen molar-refractivity contribution in [3.05, 3.63) is 23.8 Å². The Hall–Kier alpha value is -1.75. The van der Waals surface area contributed by atoms with Crippen LogP contribution in [0.4, 0.5) is 0 Å². The van der Waals surface area contributed by atoms with Crippen molar-refractivity contribution >= 4 is 5.91 Å². The van der Waals surface area contributed by atoms with Gasteiger partial charge < -0.3 is 15.2 Å². The second kappa shape index (κ2) is 5.93. The van der Waals surface area contributed by atoms with Gasteiger partial charge in [0.2, 0.25) is 5.91 Å². The molecule has 1 atom stereocenters. The zero-order valence-electron chi connectivity index (χ0n) is 11.3. The molecule has 1 unspecified atom stereocenters. The molecule has 0 radical (unpaired) electrons. The molecule has 0 aromatic heterocycles. The van der Waals surface area contributed by atoms with E-state index in [4.69, 9.17) is 4.74 Å². The maximum atomic E-state index is 11.8. The predicted octanol–water partition coefficient (Wildman–Crippen LogP) is 1.11. The topological polar surface area (TPSA) is 61.8 Å². The first-order valence-electron chi connectivity index (χ1n) is 6.47. The number of ether oxygens (including phenoxy) is 1. The van der Waals surface area contributed by atoms with Crippen LogP contribution in [0, 0.1) is 0 Å². The van der Waals surface area contributed by atoms with Gasteiger partial charge in [-0.2, -0.15) is 0 Å². The fraction of sp³-hybridized carbons (Fsp3) is 0.500. The van der Waals surface area contributed by atoms with E-state index < -0.39 is 0 Å². The number of benzene rings is 1. The Bertz CT molecular complexity index is 462. The summed E-state index contributed by atoms with van der Waals surface area (Å²) in [6.45, 7) is 1.46. The zero-order chi connectivity index (χ0) is 13.8. The molecule has 1 aromatic carbocycles. The summed E-state index contributed by atoms with van der Waals surface area (Å²) in [6.07, 6.45) is 1.88. The number of phenols is 1. The number of phenolic OH excluding ortho intramolecular Hbond substituents is 1. The number of hydrogen-bond donors (Lipinski definition) is 2. The van der Waals surface area contributed by atoms with E-state index in [2.05, 4.69) is 10.2 Å². The molecule has 5 heteroatoms. The number of aromatic hydroxyl groups is 1. The van der Waals surface area contributed by atoms with E-state index in [1.54, 1.807) is 20.2 Å². The van der Waals surface area contributed by atoms with Gasteiger partial charge in [0.05, 0.1) is 13.2 Å². The second-order valence-electron chi connectivity index (χ2n) is 4.74. The minimum Gasteiger partial charge on any atom is -0.507 e. The van der Waals surface area contributed by atoms with Crippen molar-refractivity contribution in [2.75, 3.05) is 20.7 Å². The fourth-order valence-electron chi connectivity index (χ4n) is 2.50. The van der Waals surface area contributed by atoms with Crippen LogP contribution in [0.15, 0.2) is 18.2 Å². The summed E-state index contributed by atoms with van der Waals surface area (Å²) < 4.78 is 5.06. The van der Waals surface area contributed by atoms with Gasteiger partial charge >= 0.3 is 0 Å². The monoisotopic (exact) mass is 264 g/mol. The molecule has 0 spiro atoms. The summed E-state index contributed by atoms with van der Waals surface area (Å²) in [5, 5.41) is 12.7. The van der Waals surface area contributed by atoms with Crippen LogP contribution < -0.4 is 10.1 Å². The molecule has 2 N–H and O–H groups in total. The average Bonchev–Trinajstić information content (AvgIpc) is 2.88. The van der Waals surface area contributed by atoms with Gasteiger partial charge in [0, 0.05) is 25.2 Å². The molecule has 0 bridgehead atoms. The normalized spacial score (nSPS) is 19.4. The smallest absolute Gasteiger partial charge is 0.237 e. The molecule has 1 heterocycles. The van der Waals surface area contributed by atoms with Gasteiger partial charge in [-0.1, -0.05) is 6.07 Å². The largest absolute Gasteiger partial charge is 0.507 e. The lowest BCUT2D eigenvalue weighted by Crippen LogP contribution is -2.41. The Morgan fingerprint density at radius 1 is 1.58 bits per heavy atom. The zero-order valence-corrected chi connectivity index (χ0v) is 11.3. The van der Waals surface area contributed by atoms with Gasteiger partial charge in [-0.15, -0.1) is 0 Å². The van der Waals surface area contributed by atoms with E-state index in [0.29, 0.717) is 12.3 Å². The third-order valence-corrected chi connectivity index (χ3v) is 3.58. The number of likely N-dealkylation sites (N-methyl/N-ethyl adjacent to an activating group) is 1. The molecule has 1 aromatic rings. The maximum absolute atomic E-state index is 11.8. The lowest BCUT2D eigenvalue weighted by Gasteiger charge is -2.23. The third-order valence-electron chi connectivity index (χ3n) is 3.58. The Kier molecular flexibility index (Phi) is 4.27. The summed E-state index contributed by atoms with van der Waals surface area (Å²) in [5.41, 5.74) is 0.816. The van der Waals surface area contributed by atoms with Gasteiger partial charge in [-0.3, -0.25) is 9.69 Å². The molecule has 1 aliphatic rings. The van der Waals surface area contributed by atoms with E-state index in [-0.39, 0.29) is 17.7 Å². The van der Waals surface area contributed by atoms with Crippen molar-refractivity contribution < 1.29 is 14.6 Å². The SMILES string of the molecule is CNC(=O)C1CCCN1Cc1ccc(OC)cc1O. The first kappa shape index (κ1) is 13.7. The highest BCUT2D eigenvalue weighted by Crippen LogP contribution is 2.27. The highest BCUT2D eigenvalue weighted by Gasteiger charge is 2.30. The van der Waals surface area contributed by atoms with Crippen molar-refractivity contribution in [1.82, 2.24) is 10.2 Å². The number of nitrogens with one attached hydrogen (secondary N) is 1. The Morgan fingerprint density at radius 2 is 2.37 bits per heavy atom. The highest BCUT2D eigenvalue weighted by molar-refractivity contribution is 5.81. The molecular formula is C14H20N2O3. The average molecular weight is 264 g/mol. The van der Waals surface area contributed by atoms with Crippen molar-refractivity contribution in [1.29, 1.82) is 0 Å². The van der Waals surface area contributed by atoms with Gasteiger partial charge in [0.15, 0.2) is 0 Å². The summed E-state index contributed by atoms with van der Waals surface area (Å²) in [4.78, 5) is 13.9. The van der Waals surface area contributed by atoms with Crippen LogP contribution in [-0.4, -0.2) is 42.7 Å². The fourth-order valence-corrected chi connectivity index (χ4v) is 2.50. The lowest BCUT2D eigenvalue weighted by molar-refractivity contribution is -0.125. The van der Waals surface area contributed by atoms with Crippen LogP contribution in [0.5, 0.6) is 11.5 Å². The molecule has 19 heavy (non-hydrogen) atoms. The minimum absolute atomic E-state index is 0.0468. The molecule has 2 rings (SSSR count). The van der Waals surface area contributed by atoms with Crippen LogP contribution >= 0.6 is 0 Å². The van der Waals surface area contributed by atoms with Crippen molar-refractivity contribution in [2.45, 2.75) is 25.4 Å². The third kappa shape index (κ3) is 2.98. The van der Waals surface area contributed by atoms with Crippen LogP contribution in [0.1, 0.15) is 18.4 Å². The summed E-state index contributed by atoms with van der Waals surface area (Å²) in [6, 6.07) is 5.17. The predicted molar refractivity (Wildman–Crippen MR) is 72.2 cm³/mol. The van der Waals surface area contributed by atoms with Crippen LogP contribution in [-0.2, 0) is 11.3 Å². The number of nitrogens with zero attached hydrogens (tertiary/aromatic N) is 1. The lowest BCUT2D eigenvalue weighted by atomic mass is 10.1.